The van der Waals surface area contributed by atoms with Gasteiger partial charge in [-0.3, -0.25) is 9.88 Å². The van der Waals surface area contributed by atoms with Crippen LogP contribution in [0.3, 0.4) is 0 Å². The topological polar surface area (TPSA) is 69.7 Å². The van der Waals surface area contributed by atoms with Gasteiger partial charge in [-0.1, -0.05) is 30.3 Å². The van der Waals surface area contributed by atoms with Gasteiger partial charge < -0.3 is 20.5 Å². The molecule has 1 aromatic heterocycles. The van der Waals surface area contributed by atoms with Gasteiger partial charge in [0.05, 0.1) is 30.8 Å². The van der Waals surface area contributed by atoms with Crippen molar-refractivity contribution in [1.29, 1.82) is 0 Å². The number of aliphatic hydroxyl groups excluding tert-OH is 1. The minimum Gasteiger partial charge on any atom is -0.497 e. The molecule has 6 nitrogen and oxygen atoms in total. The summed E-state index contributed by atoms with van der Waals surface area (Å²) in [6.07, 6.45) is 6.43. The van der Waals surface area contributed by atoms with E-state index in [4.69, 9.17) is 17.0 Å². The molecule has 37 heavy (non-hydrogen) atoms. The fourth-order valence-corrected chi connectivity index (χ4v) is 6.98. The van der Waals surface area contributed by atoms with Crippen molar-refractivity contribution < 1.29 is 9.84 Å². The summed E-state index contributed by atoms with van der Waals surface area (Å²) in [5.41, 5.74) is 4.38. The summed E-state index contributed by atoms with van der Waals surface area (Å²) in [6, 6.07) is 16.4. The smallest absolute Gasteiger partial charge is 0.167 e. The maximum atomic E-state index is 10.8. The second-order valence-corrected chi connectivity index (χ2v) is 11.0. The van der Waals surface area contributed by atoms with E-state index >= 15 is 0 Å². The Morgan fingerprint density at radius 2 is 2.14 bits per heavy atom. The third kappa shape index (κ3) is 4.49. The van der Waals surface area contributed by atoms with E-state index in [-0.39, 0.29) is 18.1 Å². The Bertz CT molecular complexity index is 1330. The maximum absolute atomic E-state index is 10.8. The summed E-state index contributed by atoms with van der Waals surface area (Å²) >= 11 is 5.91. The Kier molecular flexibility index (Phi) is 6.61. The molecule has 7 rings (SSSR count). The summed E-state index contributed by atoms with van der Waals surface area (Å²) in [7, 11) is 1.69. The van der Waals surface area contributed by atoms with Crippen LogP contribution in [0.5, 0.6) is 5.75 Å². The number of ether oxygens (including phenoxy) is 1. The molecule has 3 aliphatic heterocycles. The van der Waals surface area contributed by atoms with Crippen LogP contribution in [0.25, 0.3) is 10.9 Å². The number of aromatic nitrogens is 1. The van der Waals surface area contributed by atoms with Gasteiger partial charge in [-0.2, -0.15) is 0 Å². The highest BCUT2D eigenvalue weighted by Gasteiger charge is 2.43. The van der Waals surface area contributed by atoms with Crippen molar-refractivity contribution in [3.05, 3.63) is 84.1 Å². The quantitative estimate of drug-likeness (QED) is 0.335. The Morgan fingerprint density at radius 3 is 2.92 bits per heavy atom. The molecule has 1 unspecified atom stereocenters. The lowest BCUT2D eigenvalue weighted by molar-refractivity contribution is 0.00422. The predicted molar refractivity (Wildman–Crippen MR) is 151 cm³/mol. The largest absolute Gasteiger partial charge is 0.497 e. The van der Waals surface area contributed by atoms with Crippen molar-refractivity contribution in [3.8, 4) is 5.75 Å². The molecule has 2 bridgehead atoms. The fraction of sp³-hybridized carbons (Fsp3) is 0.400. The van der Waals surface area contributed by atoms with Crippen LogP contribution in [-0.2, 0) is 6.42 Å². The summed E-state index contributed by atoms with van der Waals surface area (Å²) < 4.78 is 5.56. The zero-order valence-corrected chi connectivity index (χ0v) is 22.0. The van der Waals surface area contributed by atoms with E-state index in [9.17, 15) is 5.11 Å². The molecular weight excluding hydrogens is 480 g/mol. The number of piperidine rings is 3. The Hall–Kier alpha value is -3.00. The van der Waals surface area contributed by atoms with Crippen LogP contribution in [0.2, 0.25) is 0 Å². The van der Waals surface area contributed by atoms with Crippen LogP contribution >= 0.6 is 12.2 Å². The first-order valence-corrected chi connectivity index (χ1v) is 13.6. The molecule has 1 aliphatic carbocycles. The van der Waals surface area contributed by atoms with E-state index in [2.05, 4.69) is 57.4 Å². The maximum Gasteiger partial charge on any atom is 0.167 e. The molecule has 4 aliphatic rings. The molecule has 0 spiro atoms. The van der Waals surface area contributed by atoms with Crippen LogP contribution < -0.4 is 15.4 Å². The highest BCUT2D eigenvalue weighted by Crippen LogP contribution is 2.42. The molecule has 3 N–H and O–H groups in total. The Labute approximate surface area is 223 Å². The van der Waals surface area contributed by atoms with Gasteiger partial charge in [0.1, 0.15) is 5.75 Å². The van der Waals surface area contributed by atoms with Crippen molar-refractivity contribution in [2.24, 2.45) is 11.8 Å². The average molecular weight is 515 g/mol. The molecule has 3 aromatic rings. The zero-order valence-electron chi connectivity index (χ0n) is 21.1. The molecule has 0 amide bonds. The summed E-state index contributed by atoms with van der Waals surface area (Å²) in [6.45, 7) is 6.21. The molecule has 7 heteroatoms. The van der Waals surface area contributed by atoms with Gasteiger partial charge in [0.25, 0.3) is 0 Å². The van der Waals surface area contributed by atoms with Crippen molar-refractivity contribution in [2.45, 2.75) is 43.5 Å². The van der Waals surface area contributed by atoms with E-state index in [1.54, 1.807) is 7.11 Å². The number of hydrogen-bond acceptors (Lipinski definition) is 5. The molecule has 2 aromatic carbocycles. The first-order chi connectivity index (χ1) is 18.1. The first-order valence-electron chi connectivity index (χ1n) is 13.2. The van der Waals surface area contributed by atoms with Crippen LogP contribution in [0, 0.1) is 11.8 Å². The van der Waals surface area contributed by atoms with E-state index in [1.165, 1.54) is 12.0 Å². The van der Waals surface area contributed by atoms with Gasteiger partial charge in [0.15, 0.2) is 5.11 Å². The normalized spacial score (nSPS) is 28.9. The molecule has 3 fully saturated rings. The van der Waals surface area contributed by atoms with Crippen LogP contribution in [0.4, 0.5) is 0 Å². The van der Waals surface area contributed by atoms with Gasteiger partial charge in [-0.25, -0.2) is 0 Å². The Morgan fingerprint density at radius 1 is 1.27 bits per heavy atom. The van der Waals surface area contributed by atoms with Crippen LogP contribution in [0.15, 0.2) is 67.4 Å². The molecular formula is C30H34N4O2S. The lowest BCUT2D eigenvalue weighted by Gasteiger charge is -2.52. The minimum absolute atomic E-state index is 0.0417. The number of methoxy groups -OCH3 is 1. The summed E-state index contributed by atoms with van der Waals surface area (Å²) in [4.78, 5) is 7.22. The predicted octanol–water partition coefficient (Wildman–Crippen LogP) is 4.30. The van der Waals surface area contributed by atoms with Crippen LogP contribution in [-0.4, -0.2) is 52.4 Å². The summed E-state index contributed by atoms with van der Waals surface area (Å²) in [5, 5.41) is 19.6. The highest BCUT2D eigenvalue weighted by molar-refractivity contribution is 7.80. The van der Waals surface area contributed by atoms with E-state index < -0.39 is 6.10 Å². The van der Waals surface area contributed by atoms with Crippen LogP contribution in [0.1, 0.15) is 41.6 Å². The SMILES string of the molecule is C=C[C@H]1CN2CC[C@H]1C[C@@H]2[C@H](NC(=S)N[C@@H]1c2ccccc2C[C@@H]1O)c1ccnc2ccc(OC)cc12. The minimum atomic E-state index is -0.510. The standard InChI is InChI=1S/C30H34N4O2S/c1-3-18-17-34-13-11-19(18)14-26(34)28(23-10-12-31-25-9-8-21(36-2)16-24(23)25)32-30(37)33-29-22-7-5-4-6-20(22)15-27(29)35/h3-10,12,16,18-19,26-29,35H,1,11,13-15,17H2,2H3,(H2,32,33,37)/t18-,19-,26+,27-,28+,29+/m0/s1. The number of nitrogens with one attached hydrogen (secondary N) is 2. The van der Waals surface area contributed by atoms with Crippen molar-refractivity contribution in [3.63, 3.8) is 0 Å². The second-order valence-electron chi connectivity index (χ2n) is 10.6. The lowest BCUT2D eigenvalue weighted by atomic mass is 9.73. The zero-order chi connectivity index (χ0) is 25.5. The molecule has 3 saturated heterocycles. The third-order valence-electron chi connectivity index (χ3n) is 8.63. The number of rotatable bonds is 6. The van der Waals surface area contributed by atoms with Gasteiger partial charge in [0.2, 0.25) is 0 Å². The number of hydrogen-bond donors (Lipinski definition) is 3. The van der Waals surface area contributed by atoms with Gasteiger partial charge in [0, 0.05) is 30.6 Å². The average Bonchev–Trinajstić information content (AvgIpc) is 3.25. The highest BCUT2D eigenvalue weighted by atomic mass is 32.1. The molecule has 0 saturated carbocycles. The van der Waals surface area contributed by atoms with Crippen molar-refractivity contribution >= 4 is 28.2 Å². The van der Waals surface area contributed by atoms with E-state index in [0.717, 1.165) is 47.3 Å². The number of thiocarbonyl (C=S) groups is 1. The van der Waals surface area contributed by atoms with Crippen molar-refractivity contribution in [1.82, 2.24) is 20.5 Å². The number of aliphatic hydroxyl groups is 1. The number of fused-ring (bicyclic) bond motifs is 5. The number of benzene rings is 2. The molecule has 0 radical (unpaired) electrons. The second kappa shape index (κ2) is 10.0. The van der Waals surface area contributed by atoms with Gasteiger partial charge in [-0.05, 0) is 84.4 Å². The lowest BCUT2D eigenvalue weighted by Crippen LogP contribution is -2.58. The van der Waals surface area contributed by atoms with E-state index in [1.807, 2.05) is 30.5 Å². The van der Waals surface area contributed by atoms with Gasteiger partial charge in [-0.15, -0.1) is 6.58 Å². The molecule has 192 valence electrons. The molecule has 7 atom stereocenters. The fourth-order valence-electron chi connectivity index (χ4n) is 6.72. The molecule has 4 heterocycles. The number of pyridine rings is 1. The third-order valence-corrected chi connectivity index (χ3v) is 8.87. The summed E-state index contributed by atoms with van der Waals surface area (Å²) in [5.74, 6) is 1.98. The van der Waals surface area contributed by atoms with Crippen molar-refractivity contribution in [2.75, 3.05) is 20.2 Å². The monoisotopic (exact) mass is 514 g/mol. The Balaban J connectivity index is 1.34. The first kappa shape index (κ1) is 24.3. The van der Waals surface area contributed by atoms with Gasteiger partial charge >= 0.3 is 0 Å². The van der Waals surface area contributed by atoms with E-state index in [0.29, 0.717) is 23.4 Å². The number of nitrogens with zero attached hydrogens (tertiary/aromatic N) is 2.